The highest BCUT2D eigenvalue weighted by Crippen LogP contribution is 2.21. The first-order chi connectivity index (χ1) is 14.1. The number of anilines is 4. The van der Waals surface area contributed by atoms with Gasteiger partial charge in [-0.2, -0.15) is 0 Å². The van der Waals surface area contributed by atoms with Crippen LogP contribution in [-0.2, 0) is 11.2 Å². The van der Waals surface area contributed by atoms with Gasteiger partial charge in [0, 0.05) is 24.5 Å². The number of carbonyl (C=O) groups excluding carboxylic acids is 1. The van der Waals surface area contributed by atoms with Crippen LogP contribution in [0.5, 0.6) is 0 Å². The number of carbonyl (C=O) groups is 1. The van der Waals surface area contributed by atoms with Gasteiger partial charge < -0.3 is 15.5 Å². The molecule has 0 aliphatic heterocycles. The number of benzene rings is 2. The van der Waals surface area contributed by atoms with Crippen LogP contribution in [-0.4, -0.2) is 24.0 Å². The minimum Gasteiger partial charge on any atom is -0.372 e. The Hall–Kier alpha value is -3.41. The summed E-state index contributed by atoms with van der Waals surface area (Å²) in [7, 11) is 0. The van der Waals surface area contributed by atoms with Gasteiger partial charge in [0.1, 0.15) is 11.6 Å². The van der Waals surface area contributed by atoms with Crippen molar-refractivity contribution in [3.63, 3.8) is 0 Å². The molecule has 5 nitrogen and oxygen atoms in total. The number of aromatic nitrogens is 1. The standard InChI is InChI=1S/C23H25FN4O/c1-3-28(4-2)21-12-9-19(10-13-21)26-20-11-14-22(25-16-20)27-23(29)15-17-5-7-18(24)8-6-17/h5-14,16,26H,3-4,15H2,1-2H3,(H,25,27,29). The first-order valence-corrected chi connectivity index (χ1v) is 9.69. The molecule has 0 saturated carbocycles. The van der Waals surface area contributed by atoms with E-state index in [0.717, 1.165) is 30.0 Å². The lowest BCUT2D eigenvalue weighted by Gasteiger charge is -2.21. The monoisotopic (exact) mass is 392 g/mol. The van der Waals surface area contributed by atoms with Gasteiger partial charge in [0.05, 0.1) is 18.3 Å². The van der Waals surface area contributed by atoms with Crippen molar-refractivity contribution in [2.45, 2.75) is 20.3 Å². The number of nitrogens with zero attached hydrogens (tertiary/aromatic N) is 2. The van der Waals surface area contributed by atoms with E-state index in [1.165, 1.54) is 17.8 Å². The van der Waals surface area contributed by atoms with E-state index >= 15 is 0 Å². The number of pyridine rings is 1. The van der Waals surface area contributed by atoms with E-state index in [1.807, 2.05) is 18.2 Å². The molecule has 150 valence electrons. The van der Waals surface area contributed by atoms with E-state index in [4.69, 9.17) is 0 Å². The summed E-state index contributed by atoms with van der Waals surface area (Å²) in [5.74, 6) is -0.0436. The maximum absolute atomic E-state index is 12.9. The molecular formula is C23H25FN4O. The van der Waals surface area contributed by atoms with Gasteiger partial charge in [-0.25, -0.2) is 9.37 Å². The predicted octanol–water partition coefficient (Wildman–Crippen LogP) is 4.99. The van der Waals surface area contributed by atoms with E-state index in [9.17, 15) is 9.18 Å². The summed E-state index contributed by atoms with van der Waals surface area (Å²) < 4.78 is 12.9. The first-order valence-electron chi connectivity index (χ1n) is 9.69. The number of nitrogens with one attached hydrogen (secondary N) is 2. The molecule has 0 saturated heterocycles. The SMILES string of the molecule is CCN(CC)c1ccc(Nc2ccc(NC(=O)Cc3ccc(F)cc3)nc2)cc1. The molecule has 0 aliphatic carbocycles. The zero-order valence-corrected chi connectivity index (χ0v) is 16.7. The Morgan fingerprint density at radius 1 is 0.931 bits per heavy atom. The van der Waals surface area contributed by atoms with Crippen LogP contribution in [0.3, 0.4) is 0 Å². The van der Waals surface area contributed by atoms with Crippen LogP contribution in [0, 0.1) is 5.82 Å². The van der Waals surface area contributed by atoms with E-state index < -0.39 is 0 Å². The van der Waals surface area contributed by atoms with Gasteiger partial charge in [-0.1, -0.05) is 12.1 Å². The lowest BCUT2D eigenvalue weighted by molar-refractivity contribution is -0.115. The summed E-state index contributed by atoms with van der Waals surface area (Å²) in [6.45, 7) is 6.23. The number of amides is 1. The van der Waals surface area contributed by atoms with Crippen LogP contribution in [0.15, 0.2) is 66.9 Å². The second kappa shape index (κ2) is 9.68. The van der Waals surface area contributed by atoms with E-state index in [2.05, 4.69) is 46.5 Å². The number of rotatable bonds is 8. The summed E-state index contributed by atoms with van der Waals surface area (Å²) in [4.78, 5) is 18.7. The molecule has 0 radical (unpaired) electrons. The molecule has 2 aromatic carbocycles. The molecule has 0 fully saturated rings. The Morgan fingerprint density at radius 2 is 1.59 bits per heavy atom. The second-order valence-electron chi connectivity index (χ2n) is 6.63. The molecule has 1 aromatic heterocycles. The molecule has 0 aliphatic rings. The van der Waals surface area contributed by atoms with Crippen molar-refractivity contribution in [2.75, 3.05) is 28.6 Å². The molecule has 0 atom stereocenters. The highest BCUT2D eigenvalue weighted by Gasteiger charge is 2.06. The fourth-order valence-corrected chi connectivity index (χ4v) is 3.03. The summed E-state index contributed by atoms with van der Waals surface area (Å²) in [5, 5.41) is 6.05. The molecular weight excluding hydrogens is 367 g/mol. The maximum atomic E-state index is 12.9. The van der Waals surface area contributed by atoms with Crippen LogP contribution in [0.25, 0.3) is 0 Å². The van der Waals surface area contributed by atoms with E-state index in [1.54, 1.807) is 24.4 Å². The summed E-state index contributed by atoms with van der Waals surface area (Å²) >= 11 is 0. The molecule has 3 rings (SSSR count). The zero-order valence-electron chi connectivity index (χ0n) is 16.7. The summed E-state index contributed by atoms with van der Waals surface area (Å²) in [5.41, 5.74) is 3.74. The lowest BCUT2D eigenvalue weighted by Crippen LogP contribution is -2.21. The minimum absolute atomic E-state index is 0.168. The quantitative estimate of drug-likeness (QED) is 0.567. The second-order valence-corrected chi connectivity index (χ2v) is 6.63. The van der Waals surface area contributed by atoms with Gasteiger partial charge in [-0.15, -0.1) is 0 Å². The Bertz CT molecular complexity index is 921. The minimum atomic E-state index is -0.318. The van der Waals surface area contributed by atoms with Crippen LogP contribution < -0.4 is 15.5 Å². The van der Waals surface area contributed by atoms with Crippen molar-refractivity contribution in [2.24, 2.45) is 0 Å². The Kier molecular flexibility index (Phi) is 6.79. The van der Waals surface area contributed by atoms with Crippen LogP contribution >= 0.6 is 0 Å². The van der Waals surface area contributed by atoms with E-state index in [-0.39, 0.29) is 18.1 Å². The van der Waals surface area contributed by atoms with Gasteiger partial charge in [-0.05, 0) is 67.9 Å². The third-order valence-corrected chi connectivity index (χ3v) is 4.59. The van der Waals surface area contributed by atoms with Gasteiger partial charge in [0.25, 0.3) is 0 Å². The Morgan fingerprint density at radius 3 is 2.17 bits per heavy atom. The summed E-state index contributed by atoms with van der Waals surface area (Å²) in [6.07, 6.45) is 1.84. The smallest absolute Gasteiger partial charge is 0.229 e. The molecule has 0 unspecified atom stereocenters. The van der Waals surface area contributed by atoms with Crippen molar-refractivity contribution >= 4 is 28.8 Å². The van der Waals surface area contributed by atoms with E-state index in [0.29, 0.717) is 5.82 Å². The van der Waals surface area contributed by atoms with Gasteiger partial charge in [0.2, 0.25) is 5.91 Å². The normalized spacial score (nSPS) is 10.4. The molecule has 0 spiro atoms. The molecule has 29 heavy (non-hydrogen) atoms. The van der Waals surface area contributed by atoms with Gasteiger partial charge in [0.15, 0.2) is 0 Å². The van der Waals surface area contributed by atoms with Gasteiger partial charge >= 0.3 is 0 Å². The maximum Gasteiger partial charge on any atom is 0.229 e. The molecule has 1 heterocycles. The van der Waals surface area contributed by atoms with Crippen molar-refractivity contribution in [3.8, 4) is 0 Å². The third kappa shape index (κ3) is 5.78. The molecule has 0 bridgehead atoms. The first kappa shape index (κ1) is 20.3. The van der Waals surface area contributed by atoms with Crippen molar-refractivity contribution in [1.82, 2.24) is 4.98 Å². The molecule has 1 amide bonds. The van der Waals surface area contributed by atoms with Crippen molar-refractivity contribution in [1.29, 1.82) is 0 Å². The summed E-state index contributed by atoms with van der Waals surface area (Å²) in [6, 6.07) is 17.7. The number of hydrogen-bond acceptors (Lipinski definition) is 4. The largest absolute Gasteiger partial charge is 0.372 e. The van der Waals surface area contributed by atoms with Crippen LogP contribution in [0.1, 0.15) is 19.4 Å². The Labute approximate surface area is 170 Å². The fraction of sp³-hybridized carbons (Fsp3) is 0.217. The predicted molar refractivity (Wildman–Crippen MR) is 116 cm³/mol. The van der Waals surface area contributed by atoms with Crippen molar-refractivity contribution in [3.05, 3.63) is 78.2 Å². The van der Waals surface area contributed by atoms with Crippen molar-refractivity contribution < 1.29 is 9.18 Å². The number of halogens is 1. The number of hydrogen-bond donors (Lipinski definition) is 2. The highest BCUT2D eigenvalue weighted by molar-refractivity contribution is 5.91. The van der Waals surface area contributed by atoms with Crippen LogP contribution in [0.4, 0.5) is 27.3 Å². The molecule has 3 aromatic rings. The van der Waals surface area contributed by atoms with Gasteiger partial charge in [-0.3, -0.25) is 4.79 Å². The Balaban J connectivity index is 1.55. The average molecular weight is 392 g/mol. The zero-order chi connectivity index (χ0) is 20.6. The molecule has 6 heteroatoms. The topological polar surface area (TPSA) is 57.3 Å². The highest BCUT2D eigenvalue weighted by atomic mass is 19.1. The lowest BCUT2D eigenvalue weighted by atomic mass is 10.1. The average Bonchev–Trinajstić information content (AvgIpc) is 2.73. The molecule has 2 N–H and O–H groups in total. The third-order valence-electron chi connectivity index (χ3n) is 4.59. The van der Waals surface area contributed by atoms with Crippen LogP contribution in [0.2, 0.25) is 0 Å². The fourth-order valence-electron chi connectivity index (χ4n) is 3.03.